The third-order valence-electron chi connectivity index (χ3n) is 4.90. The minimum absolute atomic E-state index is 0.274. The highest BCUT2D eigenvalue weighted by molar-refractivity contribution is 5.22. The van der Waals surface area contributed by atoms with Gasteiger partial charge >= 0.3 is 0 Å². The van der Waals surface area contributed by atoms with Crippen molar-refractivity contribution in [2.24, 2.45) is 0 Å². The Balaban J connectivity index is 1.51. The van der Waals surface area contributed by atoms with Gasteiger partial charge in [-0.2, -0.15) is 0 Å². The minimum atomic E-state index is -0.274. The first-order chi connectivity index (χ1) is 11.2. The molecule has 1 aliphatic carbocycles. The lowest BCUT2D eigenvalue weighted by molar-refractivity contribution is 0.00551. The van der Waals surface area contributed by atoms with Crippen LogP contribution in [-0.4, -0.2) is 66.4 Å². The molecule has 2 fully saturated rings. The molecule has 128 valence electrons. The molecular formula is C19H30N2O2. The number of rotatable bonds is 8. The molecule has 1 heterocycles. The number of hydrogen-bond acceptors (Lipinski definition) is 4. The molecule has 1 saturated carbocycles. The Hall–Kier alpha value is -0.940. The van der Waals surface area contributed by atoms with Crippen molar-refractivity contribution in [2.45, 2.75) is 44.9 Å². The quantitative estimate of drug-likeness (QED) is 0.794. The highest BCUT2D eigenvalue weighted by Gasteiger charge is 2.30. The number of aliphatic hydroxyl groups excluding tert-OH is 1. The number of morpholine rings is 1. The Kier molecular flexibility index (Phi) is 6.06. The van der Waals surface area contributed by atoms with Crippen LogP contribution in [0.4, 0.5) is 0 Å². The lowest BCUT2D eigenvalue weighted by Gasteiger charge is -2.31. The molecule has 1 unspecified atom stereocenters. The fourth-order valence-corrected chi connectivity index (χ4v) is 3.31. The van der Waals surface area contributed by atoms with Crippen molar-refractivity contribution >= 4 is 0 Å². The van der Waals surface area contributed by atoms with Crippen LogP contribution in [0.2, 0.25) is 0 Å². The summed E-state index contributed by atoms with van der Waals surface area (Å²) in [4.78, 5) is 4.78. The molecule has 0 aromatic heterocycles. The standard InChI is InChI=1S/C19H30N2O2/c1-2-16-3-5-17(6-4-16)13-21(18-7-8-18)15-19(22)14-20-9-11-23-12-10-20/h3-6,18-19,22H,2,7-15H2,1H3. The SMILES string of the molecule is CCc1ccc(CN(CC(O)CN2CCOCC2)C2CC2)cc1. The molecular weight excluding hydrogens is 288 g/mol. The molecule has 3 rings (SSSR count). The Morgan fingerprint density at radius 1 is 1.17 bits per heavy atom. The Morgan fingerprint density at radius 2 is 1.83 bits per heavy atom. The van der Waals surface area contributed by atoms with E-state index in [-0.39, 0.29) is 6.10 Å². The maximum Gasteiger partial charge on any atom is 0.0794 e. The van der Waals surface area contributed by atoms with Crippen molar-refractivity contribution in [2.75, 3.05) is 39.4 Å². The summed E-state index contributed by atoms with van der Waals surface area (Å²) in [5.74, 6) is 0. The van der Waals surface area contributed by atoms with Crippen molar-refractivity contribution in [3.8, 4) is 0 Å². The van der Waals surface area contributed by atoms with Crippen LogP contribution >= 0.6 is 0 Å². The third-order valence-corrected chi connectivity index (χ3v) is 4.90. The van der Waals surface area contributed by atoms with Crippen LogP contribution in [0.3, 0.4) is 0 Å². The van der Waals surface area contributed by atoms with Gasteiger partial charge in [-0.15, -0.1) is 0 Å². The molecule has 1 aliphatic heterocycles. The van der Waals surface area contributed by atoms with Gasteiger partial charge in [0.05, 0.1) is 19.3 Å². The van der Waals surface area contributed by atoms with Gasteiger partial charge in [0.2, 0.25) is 0 Å². The monoisotopic (exact) mass is 318 g/mol. The molecule has 0 amide bonds. The van der Waals surface area contributed by atoms with E-state index >= 15 is 0 Å². The van der Waals surface area contributed by atoms with Crippen LogP contribution in [-0.2, 0) is 17.7 Å². The van der Waals surface area contributed by atoms with E-state index in [1.165, 1.54) is 24.0 Å². The first kappa shape index (κ1) is 16.9. The lowest BCUT2D eigenvalue weighted by atomic mass is 10.1. The van der Waals surface area contributed by atoms with E-state index in [1.807, 2.05) is 0 Å². The Morgan fingerprint density at radius 3 is 2.43 bits per heavy atom. The average molecular weight is 318 g/mol. The maximum atomic E-state index is 10.5. The molecule has 4 nitrogen and oxygen atoms in total. The summed E-state index contributed by atoms with van der Waals surface area (Å²) in [6, 6.07) is 9.60. The lowest BCUT2D eigenvalue weighted by Crippen LogP contribution is -2.45. The number of ether oxygens (including phenoxy) is 1. The van der Waals surface area contributed by atoms with Crippen LogP contribution in [0.5, 0.6) is 0 Å². The fraction of sp³-hybridized carbons (Fsp3) is 0.684. The number of aliphatic hydroxyl groups is 1. The fourth-order valence-electron chi connectivity index (χ4n) is 3.31. The number of hydrogen-bond donors (Lipinski definition) is 1. The average Bonchev–Trinajstić information content (AvgIpc) is 3.41. The molecule has 23 heavy (non-hydrogen) atoms. The van der Waals surface area contributed by atoms with E-state index in [9.17, 15) is 5.11 Å². The molecule has 4 heteroatoms. The number of benzene rings is 1. The zero-order valence-corrected chi connectivity index (χ0v) is 14.3. The molecule has 0 bridgehead atoms. The van der Waals surface area contributed by atoms with Gasteiger partial charge in [0.1, 0.15) is 0 Å². The predicted molar refractivity (Wildman–Crippen MR) is 92.5 cm³/mol. The van der Waals surface area contributed by atoms with Crippen LogP contribution in [0.1, 0.15) is 30.9 Å². The van der Waals surface area contributed by atoms with Crippen LogP contribution in [0.15, 0.2) is 24.3 Å². The van der Waals surface area contributed by atoms with E-state index in [0.717, 1.165) is 52.4 Å². The summed E-state index contributed by atoms with van der Waals surface area (Å²) in [5, 5.41) is 10.5. The summed E-state index contributed by atoms with van der Waals surface area (Å²) in [6.07, 6.45) is 3.36. The van der Waals surface area contributed by atoms with Gasteiger partial charge in [0, 0.05) is 38.8 Å². The second kappa shape index (κ2) is 8.25. The normalized spacial score (nSPS) is 20.8. The summed E-state index contributed by atoms with van der Waals surface area (Å²) < 4.78 is 5.37. The molecule has 2 aliphatic rings. The van der Waals surface area contributed by atoms with Crippen molar-refractivity contribution in [1.82, 2.24) is 9.80 Å². The van der Waals surface area contributed by atoms with E-state index < -0.39 is 0 Å². The highest BCUT2D eigenvalue weighted by atomic mass is 16.5. The number of β-amino-alcohol motifs (C(OH)–C–C–N with tert-alkyl or cyclic N) is 1. The van der Waals surface area contributed by atoms with Crippen LogP contribution in [0, 0.1) is 0 Å². The topological polar surface area (TPSA) is 35.9 Å². The summed E-state index contributed by atoms with van der Waals surface area (Å²) in [5.41, 5.74) is 2.74. The van der Waals surface area contributed by atoms with E-state index in [0.29, 0.717) is 6.04 Å². The Labute approximate surface area is 140 Å². The second-order valence-electron chi connectivity index (χ2n) is 6.90. The van der Waals surface area contributed by atoms with Gasteiger partial charge < -0.3 is 9.84 Å². The van der Waals surface area contributed by atoms with E-state index in [4.69, 9.17) is 4.74 Å². The number of nitrogens with zero attached hydrogens (tertiary/aromatic N) is 2. The molecule has 1 atom stereocenters. The smallest absolute Gasteiger partial charge is 0.0794 e. The Bertz CT molecular complexity index is 467. The zero-order valence-electron chi connectivity index (χ0n) is 14.3. The summed E-state index contributed by atoms with van der Waals surface area (Å²) in [7, 11) is 0. The summed E-state index contributed by atoms with van der Waals surface area (Å²) in [6.45, 7) is 8.16. The zero-order chi connectivity index (χ0) is 16.1. The molecule has 1 saturated heterocycles. The largest absolute Gasteiger partial charge is 0.390 e. The third kappa shape index (κ3) is 5.28. The van der Waals surface area contributed by atoms with Crippen molar-refractivity contribution in [1.29, 1.82) is 0 Å². The van der Waals surface area contributed by atoms with Crippen molar-refractivity contribution in [3.05, 3.63) is 35.4 Å². The van der Waals surface area contributed by atoms with Gasteiger partial charge in [0.25, 0.3) is 0 Å². The summed E-state index contributed by atoms with van der Waals surface area (Å²) >= 11 is 0. The van der Waals surface area contributed by atoms with Gasteiger partial charge in [-0.25, -0.2) is 0 Å². The minimum Gasteiger partial charge on any atom is -0.390 e. The van der Waals surface area contributed by atoms with Crippen molar-refractivity contribution in [3.63, 3.8) is 0 Å². The first-order valence-corrected chi connectivity index (χ1v) is 9.04. The molecule has 0 radical (unpaired) electrons. The van der Waals surface area contributed by atoms with Gasteiger partial charge in [-0.1, -0.05) is 31.2 Å². The van der Waals surface area contributed by atoms with Crippen LogP contribution < -0.4 is 0 Å². The number of aryl methyl sites for hydroxylation is 1. The van der Waals surface area contributed by atoms with E-state index in [2.05, 4.69) is 41.0 Å². The van der Waals surface area contributed by atoms with E-state index in [1.54, 1.807) is 0 Å². The molecule has 1 aromatic rings. The molecule has 1 N–H and O–H groups in total. The maximum absolute atomic E-state index is 10.5. The van der Waals surface area contributed by atoms with Gasteiger partial charge in [-0.3, -0.25) is 9.80 Å². The second-order valence-corrected chi connectivity index (χ2v) is 6.90. The first-order valence-electron chi connectivity index (χ1n) is 9.04. The van der Waals surface area contributed by atoms with Gasteiger partial charge in [-0.05, 0) is 30.4 Å². The molecule has 1 aromatic carbocycles. The molecule has 0 spiro atoms. The highest BCUT2D eigenvalue weighted by Crippen LogP contribution is 2.28. The van der Waals surface area contributed by atoms with Crippen LogP contribution in [0.25, 0.3) is 0 Å². The predicted octanol–water partition coefficient (Wildman–Crippen LogP) is 1.91. The van der Waals surface area contributed by atoms with Crippen molar-refractivity contribution < 1.29 is 9.84 Å². The van der Waals surface area contributed by atoms with Gasteiger partial charge in [0.15, 0.2) is 0 Å².